The molecular weight excluding hydrogens is 479 g/mol. The van der Waals surface area contributed by atoms with Gasteiger partial charge in [-0.3, -0.25) is 9.59 Å². The lowest BCUT2D eigenvalue weighted by Crippen LogP contribution is -2.36. The van der Waals surface area contributed by atoms with Gasteiger partial charge in [-0.15, -0.1) is 0 Å². The van der Waals surface area contributed by atoms with Gasteiger partial charge in [-0.1, -0.05) is 0 Å². The molecule has 100 valence electrons. The minimum absolute atomic E-state index is 0.164. The van der Waals surface area contributed by atoms with Crippen molar-refractivity contribution in [1.29, 1.82) is 0 Å². The summed E-state index contributed by atoms with van der Waals surface area (Å²) in [6.45, 7) is -1.62. The molecule has 1 aromatic heterocycles. The maximum atomic E-state index is 11.9. The summed E-state index contributed by atoms with van der Waals surface area (Å²) in [7, 11) is 0. The van der Waals surface area contributed by atoms with E-state index in [4.69, 9.17) is 0 Å². The van der Waals surface area contributed by atoms with Crippen LogP contribution in [0.2, 0.25) is 0 Å². The quantitative estimate of drug-likeness (QED) is 0.663. The van der Waals surface area contributed by atoms with E-state index in [9.17, 15) is 22.8 Å². The van der Waals surface area contributed by atoms with Crippen LogP contribution in [-0.2, 0) is 11.3 Å². The molecule has 0 fully saturated rings. The predicted molar refractivity (Wildman–Crippen MR) is 75.2 cm³/mol. The Bertz CT molecular complexity index is 487. The number of halogens is 5. The molecule has 0 atom stereocenters. The molecular formula is C9H7F3I2N2O2. The van der Waals surface area contributed by atoms with Crippen molar-refractivity contribution in [2.75, 3.05) is 6.54 Å². The first kappa shape index (κ1) is 15.7. The highest BCUT2D eigenvalue weighted by Crippen LogP contribution is 2.12. The largest absolute Gasteiger partial charge is 0.405 e. The Hall–Kier alpha value is -0.330. The Balaban J connectivity index is 2.68. The average Bonchev–Trinajstić information content (AvgIpc) is 2.22. The number of alkyl halides is 3. The first-order chi connectivity index (χ1) is 8.19. The molecule has 0 aliphatic heterocycles. The van der Waals surface area contributed by atoms with Crippen molar-refractivity contribution in [3.05, 3.63) is 29.8 Å². The van der Waals surface area contributed by atoms with Crippen LogP contribution in [0, 0.1) is 7.14 Å². The zero-order valence-corrected chi connectivity index (χ0v) is 13.0. The maximum absolute atomic E-state index is 11.9. The van der Waals surface area contributed by atoms with Crippen LogP contribution in [0.5, 0.6) is 0 Å². The van der Waals surface area contributed by atoms with Crippen LogP contribution in [-0.4, -0.2) is 23.2 Å². The SMILES string of the molecule is O=C(Cn1cc(I)c(=O)c(I)c1)NCC(F)(F)F. The van der Waals surface area contributed by atoms with Crippen LogP contribution in [0.4, 0.5) is 13.2 Å². The molecule has 18 heavy (non-hydrogen) atoms. The second-order valence-electron chi connectivity index (χ2n) is 3.35. The number of nitrogens with one attached hydrogen (secondary N) is 1. The fourth-order valence-corrected chi connectivity index (χ4v) is 2.88. The Morgan fingerprint density at radius 2 is 1.78 bits per heavy atom. The van der Waals surface area contributed by atoms with E-state index in [1.165, 1.54) is 17.0 Å². The number of aromatic nitrogens is 1. The molecule has 1 aromatic rings. The van der Waals surface area contributed by atoms with Gasteiger partial charge in [0, 0.05) is 12.4 Å². The molecule has 1 amide bonds. The number of hydrogen-bond acceptors (Lipinski definition) is 2. The molecule has 0 aliphatic carbocycles. The number of rotatable bonds is 3. The van der Waals surface area contributed by atoms with E-state index in [0.29, 0.717) is 7.14 Å². The van der Waals surface area contributed by atoms with Gasteiger partial charge in [0.1, 0.15) is 13.1 Å². The van der Waals surface area contributed by atoms with E-state index >= 15 is 0 Å². The van der Waals surface area contributed by atoms with Gasteiger partial charge in [-0.2, -0.15) is 13.2 Å². The van der Waals surface area contributed by atoms with Crippen LogP contribution in [0.3, 0.4) is 0 Å². The Labute approximate surface area is 127 Å². The van der Waals surface area contributed by atoms with Crippen molar-refractivity contribution in [2.24, 2.45) is 0 Å². The number of nitrogens with zero attached hydrogens (tertiary/aromatic N) is 1. The molecule has 1 rings (SSSR count). The average molecular weight is 486 g/mol. The third-order valence-electron chi connectivity index (χ3n) is 1.80. The zero-order chi connectivity index (χ0) is 13.9. The van der Waals surface area contributed by atoms with E-state index in [0.717, 1.165) is 0 Å². The monoisotopic (exact) mass is 486 g/mol. The minimum atomic E-state index is -4.43. The van der Waals surface area contributed by atoms with Crippen molar-refractivity contribution in [3.8, 4) is 0 Å². The Kier molecular flexibility index (Phi) is 5.43. The number of carbonyl (C=O) groups is 1. The molecule has 0 aromatic carbocycles. The molecule has 9 heteroatoms. The first-order valence-electron chi connectivity index (χ1n) is 4.57. The van der Waals surface area contributed by atoms with Crippen LogP contribution in [0.1, 0.15) is 0 Å². The summed E-state index contributed by atoms with van der Waals surface area (Å²) in [5.74, 6) is -0.762. The van der Waals surface area contributed by atoms with E-state index in [1.807, 2.05) is 0 Å². The summed E-state index contributed by atoms with van der Waals surface area (Å²) in [4.78, 5) is 22.6. The molecule has 0 spiro atoms. The normalized spacial score (nSPS) is 11.4. The highest BCUT2D eigenvalue weighted by atomic mass is 127. The summed E-state index contributed by atoms with van der Waals surface area (Å²) in [6.07, 6.45) is -1.60. The predicted octanol–water partition coefficient (Wildman–Crippen LogP) is 1.74. The van der Waals surface area contributed by atoms with Crippen LogP contribution in [0.15, 0.2) is 17.2 Å². The lowest BCUT2D eigenvalue weighted by Gasteiger charge is -2.10. The zero-order valence-electron chi connectivity index (χ0n) is 8.72. The third-order valence-corrected chi connectivity index (χ3v) is 3.34. The molecule has 0 saturated carbocycles. The van der Waals surface area contributed by atoms with Crippen LogP contribution in [0.25, 0.3) is 0 Å². The van der Waals surface area contributed by atoms with Crippen LogP contribution >= 0.6 is 45.2 Å². The standard InChI is InChI=1S/C9H7F3I2N2O2/c10-9(11,12)4-15-7(17)3-16-1-5(13)8(18)6(14)2-16/h1-2H,3-4H2,(H,15,17). The Morgan fingerprint density at radius 3 is 2.22 bits per heavy atom. The minimum Gasteiger partial charge on any atom is -0.345 e. The topological polar surface area (TPSA) is 51.1 Å². The van der Waals surface area contributed by atoms with Gasteiger partial charge in [0.2, 0.25) is 11.3 Å². The molecule has 1 N–H and O–H groups in total. The van der Waals surface area contributed by atoms with Gasteiger partial charge in [0.05, 0.1) is 7.14 Å². The second-order valence-corrected chi connectivity index (χ2v) is 5.67. The number of hydrogen-bond donors (Lipinski definition) is 1. The van der Waals surface area contributed by atoms with Gasteiger partial charge in [-0.05, 0) is 45.2 Å². The van der Waals surface area contributed by atoms with Gasteiger partial charge < -0.3 is 9.88 Å². The molecule has 1 heterocycles. The molecule has 0 aliphatic rings. The van der Waals surface area contributed by atoms with E-state index in [1.54, 1.807) is 50.5 Å². The fourth-order valence-electron chi connectivity index (χ4n) is 1.07. The molecule has 0 saturated heterocycles. The summed E-state index contributed by atoms with van der Waals surface area (Å²) >= 11 is 3.61. The summed E-state index contributed by atoms with van der Waals surface area (Å²) in [5, 5.41) is 1.76. The Morgan fingerprint density at radius 1 is 1.28 bits per heavy atom. The van der Waals surface area contributed by atoms with Gasteiger partial charge >= 0.3 is 6.18 Å². The van der Waals surface area contributed by atoms with Crippen LogP contribution < -0.4 is 10.7 Å². The highest BCUT2D eigenvalue weighted by Gasteiger charge is 2.27. The maximum Gasteiger partial charge on any atom is 0.405 e. The van der Waals surface area contributed by atoms with Crippen molar-refractivity contribution in [3.63, 3.8) is 0 Å². The lowest BCUT2D eigenvalue weighted by atomic mass is 10.4. The highest BCUT2D eigenvalue weighted by molar-refractivity contribution is 14.1. The van der Waals surface area contributed by atoms with Crippen molar-refractivity contribution < 1.29 is 18.0 Å². The summed E-state index contributed by atoms with van der Waals surface area (Å²) < 4.78 is 37.8. The number of amides is 1. The third kappa shape index (κ3) is 5.12. The second kappa shape index (κ2) is 6.21. The van der Waals surface area contributed by atoms with Crippen molar-refractivity contribution in [1.82, 2.24) is 9.88 Å². The summed E-state index contributed by atoms with van der Waals surface area (Å²) in [6, 6.07) is 0. The molecule has 0 unspecified atom stereocenters. The number of carbonyl (C=O) groups excluding carboxylic acids is 1. The van der Waals surface area contributed by atoms with Gasteiger partial charge in [-0.25, -0.2) is 0 Å². The molecule has 0 bridgehead atoms. The van der Waals surface area contributed by atoms with Crippen molar-refractivity contribution in [2.45, 2.75) is 12.7 Å². The molecule has 0 radical (unpaired) electrons. The lowest BCUT2D eigenvalue weighted by molar-refractivity contribution is -0.138. The summed E-state index contributed by atoms with van der Waals surface area (Å²) in [5.41, 5.74) is -0.164. The van der Waals surface area contributed by atoms with Crippen molar-refractivity contribution >= 4 is 51.1 Å². The van der Waals surface area contributed by atoms with Gasteiger partial charge in [0.15, 0.2) is 0 Å². The van der Waals surface area contributed by atoms with E-state index in [2.05, 4.69) is 0 Å². The fraction of sp³-hybridized carbons (Fsp3) is 0.333. The first-order valence-corrected chi connectivity index (χ1v) is 6.73. The smallest absolute Gasteiger partial charge is 0.345 e. The molecule has 4 nitrogen and oxygen atoms in total. The number of pyridine rings is 1. The van der Waals surface area contributed by atoms with E-state index < -0.39 is 18.6 Å². The van der Waals surface area contributed by atoms with E-state index in [-0.39, 0.29) is 12.0 Å². The van der Waals surface area contributed by atoms with Gasteiger partial charge in [0.25, 0.3) is 0 Å².